The highest BCUT2D eigenvalue weighted by molar-refractivity contribution is 5.98. The second-order valence-corrected chi connectivity index (χ2v) is 6.31. The first-order chi connectivity index (χ1) is 12.3. The van der Waals surface area contributed by atoms with Gasteiger partial charge in [-0.2, -0.15) is 4.40 Å². The average Bonchev–Trinajstić information content (AvgIpc) is 3.07. The number of nitrogens with zero attached hydrogens (tertiary/aromatic N) is 2. The standard InChI is InChI=1S/C19H20N4O2/c24-19(21-12-14-6-10-25-11-7-14)17-16-5-1-2-9-23(16)18(22-17)15-4-3-8-20-13-15/h1-5,8-9,13-14H,6-7,10-12H2,(H,21,24)/p+1. The summed E-state index contributed by atoms with van der Waals surface area (Å²) in [6.07, 6.45) is 7.47. The maximum absolute atomic E-state index is 12.7. The molecule has 1 aliphatic rings. The fourth-order valence-corrected chi connectivity index (χ4v) is 3.25. The van der Waals surface area contributed by atoms with Crippen LogP contribution in [0.4, 0.5) is 0 Å². The lowest BCUT2D eigenvalue weighted by atomic mass is 10.0. The van der Waals surface area contributed by atoms with Crippen molar-refractivity contribution in [1.82, 2.24) is 15.3 Å². The minimum absolute atomic E-state index is 0.0784. The SMILES string of the molecule is O=C(NCC1CCOCC1)c1[nH]c(-c2cccnc2)[n+]2ccccc12. The van der Waals surface area contributed by atoms with Crippen molar-refractivity contribution in [2.24, 2.45) is 5.92 Å². The minimum atomic E-state index is -0.0784. The number of ether oxygens (including phenoxy) is 1. The summed E-state index contributed by atoms with van der Waals surface area (Å²) in [7, 11) is 0. The lowest BCUT2D eigenvalue weighted by Gasteiger charge is -2.21. The molecule has 0 spiro atoms. The molecule has 0 bridgehead atoms. The zero-order valence-corrected chi connectivity index (χ0v) is 13.9. The average molecular weight is 337 g/mol. The largest absolute Gasteiger partial charge is 0.381 e. The summed E-state index contributed by atoms with van der Waals surface area (Å²) in [5.41, 5.74) is 2.37. The van der Waals surface area contributed by atoms with E-state index in [2.05, 4.69) is 15.3 Å². The molecule has 0 aliphatic carbocycles. The number of pyridine rings is 2. The van der Waals surface area contributed by atoms with Crippen LogP contribution in [0.2, 0.25) is 0 Å². The molecule has 1 aliphatic heterocycles. The summed E-state index contributed by atoms with van der Waals surface area (Å²) in [6, 6.07) is 9.69. The zero-order chi connectivity index (χ0) is 17.1. The molecule has 3 aromatic rings. The van der Waals surface area contributed by atoms with E-state index in [1.54, 1.807) is 12.4 Å². The van der Waals surface area contributed by atoms with Gasteiger partial charge in [0.2, 0.25) is 5.69 Å². The van der Waals surface area contributed by atoms with Gasteiger partial charge in [0.05, 0.1) is 11.8 Å². The summed E-state index contributed by atoms with van der Waals surface area (Å²) in [6.45, 7) is 2.25. The second kappa shape index (κ2) is 7.03. The van der Waals surface area contributed by atoms with E-state index >= 15 is 0 Å². The first kappa shape index (κ1) is 15.8. The Morgan fingerprint density at radius 3 is 2.96 bits per heavy atom. The van der Waals surface area contributed by atoms with Gasteiger partial charge >= 0.3 is 0 Å². The number of fused-ring (bicyclic) bond motifs is 1. The van der Waals surface area contributed by atoms with Gasteiger partial charge in [-0.1, -0.05) is 6.07 Å². The third kappa shape index (κ3) is 3.25. The molecule has 0 saturated carbocycles. The van der Waals surface area contributed by atoms with E-state index in [9.17, 15) is 4.79 Å². The van der Waals surface area contributed by atoms with Gasteiger partial charge in [0.1, 0.15) is 0 Å². The van der Waals surface area contributed by atoms with Crippen LogP contribution in [0.3, 0.4) is 0 Å². The molecule has 25 heavy (non-hydrogen) atoms. The highest BCUT2D eigenvalue weighted by Gasteiger charge is 2.25. The van der Waals surface area contributed by atoms with Crippen LogP contribution >= 0.6 is 0 Å². The van der Waals surface area contributed by atoms with Crippen LogP contribution < -0.4 is 9.72 Å². The zero-order valence-electron chi connectivity index (χ0n) is 13.9. The molecule has 128 valence electrons. The number of hydrogen-bond acceptors (Lipinski definition) is 3. The summed E-state index contributed by atoms with van der Waals surface area (Å²) in [4.78, 5) is 20.2. The predicted octanol–water partition coefficient (Wildman–Crippen LogP) is 1.97. The van der Waals surface area contributed by atoms with Crippen LogP contribution in [0.25, 0.3) is 16.9 Å². The lowest BCUT2D eigenvalue weighted by molar-refractivity contribution is -0.498. The molecule has 2 N–H and O–H groups in total. The van der Waals surface area contributed by atoms with Crippen LogP contribution in [-0.4, -0.2) is 35.6 Å². The number of carbonyl (C=O) groups excluding carboxylic acids is 1. The molecule has 1 saturated heterocycles. The summed E-state index contributed by atoms with van der Waals surface area (Å²) < 4.78 is 7.36. The van der Waals surface area contributed by atoms with Gasteiger partial charge in [0.15, 0.2) is 5.52 Å². The highest BCUT2D eigenvalue weighted by Crippen LogP contribution is 2.17. The second-order valence-electron chi connectivity index (χ2n) is 6.31. The van der Waals surface area contributed by atoms with Crippen LogP contribution in [0.1, 0.15) is 23.3 Å². The van der Waals surface area contributed by atoms with E-state index in [0.717, 1.165) is 43.0 Å². The molecule has 0 aromatic carbocycles. The van der Waals surface area contributed by atoms with Gasteiger partial charge in [-0.05, 0) is 43.0 Å². The van der Waals surface area contributed by atoms with Gasteiger partial charge < -0.3 is 10.1 Å². The van der Waals surface area contributed by atoms with Crippen LogP contribution in [0.5, 0.6) is 0 Å². The number of nitrogens with one attached hydrogen (secondary N) is 2. The maximum Gasteiger partial charge on any atom is 0.295 e. The van der Waals surface area contributed by atoms with Crippen molar-refractivity contribution in [2.45, 2.75) is 12.8 Å². The fraction of sp³-hybridized carbons (Fsp3) is 0.316. The minimum Gasteiger partial charge on any atom is -0.381 e. The number of H-pyrrole nitrogens is 1. The number of hydrogen-bond donors (Lipinski definition) is 2. The molecule has 0 unspecified atom stereocenters. The molecular formula is C19H21N4O2+. The first-order valence-electron chi connectivity index (χ1n) is 8.61. The Bertz CT molecular complexity index is 870. The molecule has 6 nitrogen and oxygen atoms in total. The third-order valence-corrected chi connectivity index (χ3v) is 4.65. The van der Waals surface area contributed by atoms with Crippen LogP contribution in [0, 0.1) is 5.92 Å². The number of carbonyl (C=O) groups is 1. The highest BCUT2D eigenvalue weighted by atomic mass is 16.5. The molecule has 0 radical (unpaired) electrons. The van der Waals surface area contributed by atoms with Gasteiger partial charge in [-0.15, -0.1) is 0 Å². The van der Waals surface area contributed by atoms with Crippen molar-refractivity contribution < 1.29 is 13.9 Å². The normalized spacial score (nSPS) is 15.4. The molecule has 3 aromatic heterocycles. The Morgan fingerprint density at radius 2 is 2.16 bits per heavy atom. The van der Waals surface area contributed by atoms with E-state index in [1.807, 2.05) is 40.9 Å². The van der Waals surface area contributed by atoms with E-state index < -0.39 is 0 Å². The number of rotatable bonds is 4. The van der Waals surface area contributed by atoms with Crippen molar-refractivity contribution in [3.05, 3.63) is 54.6 Å². The number of amides is 1. The Labute approximate surface area is 145 Å². The smallest absolute Gasteiger partial charge is 0.295 e. The van der Waals surface area contributed by atoms with Crippen LogP contribution in [0.15, 0.2) is 48.9 Å². The van der Waals surface area contributed by atoms with Gasteiger partial charge in [-0.25, -0.2) is 4.98 Å². The summed E-state index contributed by atoms with van der Waals surface area (Å²) in [5, 5.41) is 3.07. The molecule has 4 heterocycles. The number of aromatic amines is 1. The summed E-state index contributed by atoms with van der Waals surface area (Å²) in [5.74, 6) is 1.26. The Balaban J connectivity index is 1.62. The van der Waals surface area contributed by atoms with Crippen molar-refractivity contribution in [1.29, 1.82) is 0 Å². The van der Waals surface area contributed by atoms with Crippen LogP contribution in [-0.2, 0) is 4.74 Å². The van der Waals surface area contributed by atoms with Crippen molar-refractivity contribution in [3.63, 3.8) is 0 Å². The lowest BCUT2D eigenvalue weighted by Crippen LogP contribution is -2.32. The Kier molecular flexibility index (Phi) is 4.43. The Morgan fingerprint density at radius 1 is 1.28 bits per heavy atom. The van der Waals surface area contributed by atoms with E-state index in [4.69, 9.17) is 4.74 Å². The topological polar surface area (TPSA) is 71.1 Å². The number of imidazole rings is 1. The van der Waals surface area contributed by atoms with E-state index in [-0.39, 0.29) is 5.91 Å². The summed E-state index contributed by atoms with van der Waals surface area (Å²) >= 11 is 0. The molecule has 6 heteroatoms. The van der Waals surface area contributed by atoms with E-state index in [1.165, 1.54) is 0 Å². The van der Waals surface area contributed by atoms with E-state index in [0.29, 0.717) is 18.2 Å². The Hall–Kier alpha value is -2.73. The number of aromatic nitrogens is 3. The molecule has 0 atom stereocenters. The first-order valence-corrected chi connectivity index (χ1v) is 8.61. The maximum atomic E-state index is 12.7. The quantitative estimate of drug-likeness (QED) is 0.715. The predicted molar refractivity (Wildman–Crippen MR) is 93.1 cm³/mol. The van der Waals surface area contributed by atoms with Gasteiger partial charge in [0.25, 0.3) is 11.7 Å². The third-order valence-electron chi connectivity index (χ3n) is 4.65. The molecule has 4 rings (SSSR count). The van der Waals surface area contributed by atoms with Crippen molar-refractivity contribution in [2.75, 3.05) is 19.8 Å². The molecular weight excluding hydrogens is 316 g/mol. The monoisotopic (exact) mass is 337 g/mol. The van der Waals surface area contributed by atoms with Crippen molar-refractivity contribution >= 4 is 11.4 Å². The molecule has 1 amide bonds. The fourth-order valence-electron chi connectivity index (χ4n) is 3.25. The van der Waals surface area contributed by atoms with Gasteiger partial charge in [0, 0.05) is 32.2 Å². The van der Waals surface area contributed by atoms with Crippen molar-refractivity contribution in [3.8, 4) is 11.4 Å². The molecule has 1 fully saturated rings. The van der Waals surface area contributed by atoms with Gasteiger partial charge in [-0.3, -0.25) is 9.78 Å².